The van der Waals surface area contributed by atoms with Crippen molar-refractivity contribution in [2.24, 2.45) is 30.7 Å². The van der Waals surface area contributed by atoms with Gasteiger partial charge in [-0.2, -0.15) is 20.4 Å². The zero-order valence-electron chi connectivity index (χ0n) is 29.1. The molecule has 0 bridgehead atoms. The summed E-state index contributed by atoms with van der Waals surface area (Å²) in [5.41, 5.74) is 0.673. The molecule has 0 aliphatic rings. The van der Waals surface area contributed by atoms with Crippen LogP contribution in [0.15, 0.2) is 115 Å². The molecule has 2 heterocycles. The average Bonchev–Trinajstić information content (AvgIpc) is 3.57. The monoisotopic (exact) mass is 885 g/mol. The summed E-state index contributed by atoms with van der Waals surface area (Å²) in [6, 6.07) is 18.9. The van der Waals surface area contributed by atoms with Gasteiger partial charge in [-0.25, -0.2) is 36.5 Å². The summed E-state index contributed by atoms with van der Waals surface area (Å²) in [7, 11) is -7.87. The molecule has 0 aliphatic heterocycles. The predicted octanol–water partition coefficient (Wildman–Crippen LogP) is 1.09. The Balaban J connectivity index is 0.000000290. The number of nitrogens with zero attached hydrogens (tertiary/aromatic N) is 8. The first-order valence-electron chi connectivity index (χ1n) is 14.9. The molecule has 0 aliphatic carbocycles. The van der Waals surface area contributed by atoms with E-state index in [0.717, 1.165) is 9.36 Å². The van der Waals surface area contributed by atoms with Crippen molar-refractivity contribution in [1.29, 1.82) is 0 Å². The van der Waals surface area contributed by atoms with E-state index in [9.17, 15) is 37.3 Å². The SMILES string of the molecule is Cc1nn(-c2cccc(S(N)(=O)=O)c2)c([O-])c1N=Nc1cc(Cl)ccc1[O-].Cc1nn(-c2cccc(S(N)(=O)=O)c2)c([O-])c1N=Nc1cc(Cl)ccc1[O-].[Cr+3].[Na+]. The fourth-order valence-electron chi connectivity index (χ4n) is 4.51. The fourth-order valence-corrected chi connectivity index (χ4v) is 5.94. The van der Waals surface area contributed by atoms with Gasteiger partial charge in [0.1, 0.15) is 11.4 Å². The molecule has 1 radical (unpaired) electrons. The molecule has 4 N–H and O–H groups in total. The molecular formula is C32H24Cl2CrN10NaO8S2. The second-order valence-corrected chi connectivity index (χ2v) is 15.0. The van der Waals surface area contributed by atoms with Crippen LogP contribution in [-0.2, 0) is 37.4 Å². The molecule has 283 valence electrons. The summed E-state index contributed by atoms with van der Waals surface area (Å²) >= 11 is 11.6. The number of hydrogen-bond donors (Lipinski definition) is 2. The number of azo groups is 2. The topological polar surface area (TPSA) is 298 Å². The molecule has 0 unspecified atom stereocenters. The molecule has 0 saturated carbocycles. The van der Waals surface area contributed by atoms with Gasteiger partial charge in [-0.05, 0) is 74.5 Å². The number of rotatable bonds is 8. The van der Waals surface area contributed by atoms with Gasteiger partial charge in [0.05, 0.1) is 43.9 Å². The number of aromatic nitrogens is 4. The molecule has 4 aromatic carbocycles. The first kappa shape index (κ1) is 46.0. The minimum Gasteiger partial charge on any atom is -0.871 e. The zero-order valence-corrected chi connectivity index (χ0v) is 35.5. The van der Waals surface area contributed by atoms with E-state index in [4.69, 9.17) is 33.5 Å². The summed E-state index contributed by atoms with van der Waals surface area (Å²) in [6.07, 6.45) is 0. The van der Waals surface area contributed by atoms with Gasteiger partial charge in [0.25, 0.3) is 0 Å². The van der Waals surface area contributed by atoms with E-state index in [1.54, 1.807) is 0 Å². The number of hydrogen-bond acceptors (Lipinski definition) is 14. The summed E-state index contributed by atoms with van der Waals surface area (Å²) in [5, 5.41) is 82.8. The Bertz CT molecular complexity index is 2510. The van der Waals surface area contributed by atoms with Crippen molar-refractivity contribution in [2.45, 2.75) is 23.6 Å². The van der Waals surface area contributed by atoms with Gasteiger partial charge in [-0.3, -0.25) is 0 Å². The minimum absolute atomic E-state index is 0. The minimum atomic E-state index is -3.94. The zero-order chi connectivity index (χ0) is 39.5. The Morgan fingerprint density at radius 3 is 1.29 bits per heavy atom. The normalized spacial score (nSPS) is 11.5. The van der Waals surface area contributed by atoms with Crippen LogP contribution < -0.4 is 60.3 Å². The Morgan fingerprint density at radius 1 is 0.589 bits per heavy atom. The number of halogens is 2. The number of aryl methyl sites for hydroxylation is 2. The van der Waals surface area contributed by atoms with Gasteiger partial charge in [0.15, 0.2) is 0 Å². The summed E-state index contributed by atoms with van der Waals surface area (Å²) in [6.45, 7) is 3.07. The Hall–Kier alpha value is -4.37. The van der Waals surface area contributed by atoms with Crippen LogP contribution in [0.2, 0.25) is 10.0 Å². The maximum Gasteiger partial charge on any atom is 3.00 e. The van der Waals surface area contributed by atoms with Crippen LogP contribution in [0.25, 0.3) is 11.4 Å². The third-order valence-corrected chi connectivity index (χ3v) is 9.41. The molecule has 6 rings (SSSR count). The van der Waals surface area contributed by atoms with E-state index in [2.05, 4.69) is 30.7 Å². The molecule has 0 saturated heterocycles. The van der Waals surface area contributed by atoms with E-state index in [1.165, 1.54) is 98.8 Å². The maximum atomic E-state index is 12.6. The quantitative estimate of drug-likeness (QED) is 0.162. The van der Waals surface area contributed by atoms with Gasteiger partial charge in [0.2, 0.25) is 20.0 Å². The van der Waals surface area contributed by atoms with Crippen LogP contribution in [-0.4, -0.2) is 36.4 Å². The number of sulfonamides is 2. The Labute approximate surface area is 362 Å². The van der Waals surface area contributed by atoms with Crippen molar-refractivity contribution in [1.82, 2.24) is 19.6 Å². The molecule has 6 aromatic rings. The van der Waals surface area contributed by atoms with Crippen LogP contribution in [0.5, 0.6) is 23.3 Å². The summed E-state index contributed by atoms with van der Waals surface area (Å²) in [4.78, 5) is -0.323. The number of nitrogens with two attached hydrogens (primary N) is 2. The van der Waals surface area contributed by atoms with Crippen molar-refractivity contribution in [2.75, 3.05) is 0 Å². The standard InChI is InChI=1S/2C16H14ClN5O4S.Cr.Na/c2*1-9-15(20-19-13-7-10(17)5-6-14(13)23)16(24)22(21-9)11-3-2-4-12(8-11)27(18,25)26;;/h2*2-8,23-24H,1H3,(H2,18,25,26);;/q;;+3;+1/p-4. The molecular weight excluding hydrogens is 862 g/mol. The molecule has 2 aromatic heterocycles. The van der Waals surface area contributed by atoms with Crippen molar-refractivity contribution in [3.05, 3.63) is 106 Å². The smallest absolute Gasteiger partial charge is 0.871 e. The first-order valence-corrected chi connectivity index (χ1v) is 18.7. The molecule has 0 amide bonds. The van der Waals surface area contributed by atoms with Gasteiger partial charge >= 0.3 is 46.9 Å². The van der Waals surface area contributed by atoms with Crippen LogP contribution in [0.1, 0.15) is 11.4 Å². The molecule has 18 nitrogen and oxygen atoms in total. The predicted molar refractivity (Wildman–Crippen MR) is 188 cm³/mol. The number of benzene rings is 4. The van der Waals surface area contributed by atoms with Crippen molar-refractivity contribution >= 4 is 66.0 Å². The van der Waals surface area contributed by atoms with Gasteiger partial charge in [-0.15, -0.1) is 10.2 Å². The van der Waals surface area contributed by atoms with E-state index < -0.39 is 43.3 Å². The number of primary sulfonamides is 2. The second kappa shape index (κ2) is 18.7. The van der Waals surface area contributed by atoms with E-state index >= 15 is 0 Å². The van der Waals surface area contributed by atoms with Crippen LogP contribution >= 0.6 is 23.2 Å². The maximum absolute atomic E-state index is 12.6. The first-order chi connectivity index (χ1) is 25.3. The van der Waals surface area contributed by atoms with Crippen LogP contribution in [0.4, 0.5) is 22.7 Å². The Kier molecular flexibility index (Phi) is 15.4. The van der Waals surface area contributed by atoms with E-state index in [0.29, 0.717) is 10.0 Å². The molecule has 0 fully saturated rings. The van der Waals surface area contributed by atoms with Gasteiger partial charge < -0.3 is 20.4 Å². The van der Waals surface area contributed by atoms with Crippen molar-refractivity contribution < 1.29 is 84.2 Å². The molecule has 0 spiro atoms. The Morgan fingerprint density at radius 2 is 0.946 bits per heavy atom. The second-order valence-electron chi connectivity index (χ2n) is 11.0. The van der Waals surface area contributed by atoms with Crippen LogP contribution in [0.3, 0.4) is 0 Å². The third kappa shape index (κ3) is 10.9. The van der Waals surface area contributed by atoms with E-state index in [1.807, 2.05) is 0 Å². The molecule has 0 atom stereocenters. The fraction of sp³-hybridized carbons (Fsp3) is 0.0625. The van der Waals surface area contributed by atoms with Crippen molar-refractivity contribution in [3.8, 4) is 34.6 Å². The molecule has 56 heavy (non-hydrogen) atoms. The third-order valence-electron chi connectivity index (χ3n) is 7.11. The van der Waals surface area contributed by atoms with Crippen LogP contribution in [0, 0.1) is 13.8 Å². The summed E-state index contributed by atoms with van der Waals surface area (Å²) in [5.74, 6) is -2.06. The van der Waals surface area contributed by atoms with Crippen molar-refractivity contribution in [3.63, 3.8) is 0 Å². The van der Waals surface area contributed by atoms with Gasteiger partial charge in [0, 0.05) is 21.8 Å². The summed E-state index contributed by atoms with van der Waals surface area (Å²) < 4.78 is 47.9. The van der Waals surface area contributed by atoms with E-state index in [-0.39, 0.29) is 102 Å². The average molecular weight is 887 g/mol. The van der Waals surface area contributed by atoms with Gasteiger partial charge in [-0.1, -0.05) is 59.0 Å². The molecule has 24 heteroatoms. The largest absolute Gasteiger partial charge is 3.00 e.